The smallest absolute Gasteiger partial charge is 0.269 e. The Balaban J connectivity index is 2.18. The molecule has 0 saturated heterocycles. The van der Waals surface area contributed by atoms with E-state index in [0.717, 1.165) is 43.8 Å². The lowest BCUT2D eigenvalue weighted by Crippen LogP contribution is -2.38. The highest BCUT2D eigenvalue weighted by Crippen LogP contribution is 2.20. The number of amides is 1. The summed E-state index contributed by atoms with van der Waals surface area (Å²) >= 11 is 0. The van der Waals surface area contributed by atoms with Gasteiger partial charge in [-0.2, -0.15) is 0 Å². The number of hydrogen-bond acceptors (Lipinski definition) is 5. The molecular formula is C24H33N3O4. The van der Waals surface area contributed by atoms with Gasteiger partial charge in [-0.3, -0.25) is 14.9 Å². The van der Waals surface area contributed by atoms with Crippen LogP contribution >= 0.6 is 0 Å². The molecule has 0 aliphatic rings. The largest absolute Gasteiger partial charge is 0.497 e. The van der Waals surface area contributed by atoms with E-state index in [1.165, 1.54) is 24.3 Å². The van der Waals surface area contributed by atoms with Gasteiger partial charge in [-0.05, 0) is 69.2 Å². The number of carbonyl (C=O) groups is 1. The molecule has 2 aromatic rings. The molecule has 0 aromatic heterocycles. The van der Waals surface area contributed by atoms with Crippen molar-refractivity contribution in [1.82, 2.24) is 9.80 Å². The molecule has 0 bridgehead atoms. The molecule has 2 aromatic carbocycles. The van der Waals surface area contributed by atoms with Crippen molar-refractivity contribution >= 4 is 11.6 Å². The van der Waals surface area contributed by atoms with Crippen LogP contribution in [0.1, 0.15) is 49.5 Å². The summed E-state index contributed by atoms with van der Waals surface area (Å²) in [7, 11) is 1.62. The maximum absolute atomic E-state index is 13.3. The zero-order valence-corrected chi connectivity index (χ0v) is 18.9. The molecule has 0 fully saturated rings. The summed E-state index contributed by atoms with van der Waals surface area (Å²) in [6, 6.07) is 13.5. The highest BCUT2D eigenvalue weighted by molar-refractivity contribution is 5.94. The van der Waals surface area contributed by atoms with Gasteiger partial charge in [0.25, 0.3) is 11.6 Å². The monoisotopic (exact) mass is 427 g/mol. The molecule has 168 valence electrons. The lowest BCUT2D eigenvalue weighted by atomic mass is 10.1. The first-order chi connectivity index (χ1) is 14.9. The summed E-state index contributed by atoms with van der Waals surface area (Å²) < 4.78 is 5.23. The van der Waals surface area contributed by atoms with Gasteiger partial charge in [-0.1, -0.05) is 26.0 Å². The van der Waals surface area contributed by atoms with Crippen molar-refractivity contribution in [2.24, 2.45) is 0 Å². The molecule has 0 heterocycles. The molecule has 0 aliphatic carbocycles. The molecule has 1 atom stereocenters. The normalized spacial score (nSPS) is 11.9. The predicted octanol–water partition coefficient (Wildman–Crippen LogP) is 4.76. The lowest BCUT2D eigenvalue weighted by Gasteiger charge is -2.30. The summed E-state index contributed by atoms with van der Waals surface area (Å²) in [6.45, 7) is 9.87. The molecule has 1 unspecified atom stereocenters. The molecule has 0 radical (unpaired) electrons. The van der Waals surface area contributed by atoms with Crippen LogP contribution in [-0.2, 0) is 6.54 Å². The van der Waals surface area contributed by atoms with Crippen LogP contribution in [0.2, 0.25) is 0 Å². The second-order valence-electron chi connectivity index (χ2n) is 7.60. The van der Waals surface area contributed by atoms with E-state index in [1.54, 1.807) is 7.11 Å². The average molecular weight is 428 g/mol. The van der Waals surface area contributed by atoms with Crippen LogP contribution in [0.4, 0.5) is 5.69 Å². The number of methoxy groups -OCH3 is 1. The van der Waals surface area contributed by atoms with Gasteiger partial charge >= 0.3 is 0 Å². The highest BCUT2D eigenvalue weighted by atomic mass is 16.6. The second kappa shape index (κ2) is 12.1. The minimum absolute atomic E-state index is 0.0227. The van der Waals surface area contributed by atoms with Crippen molar-refractivity contribution in [3.63, 3.8) is 0 Å². The predicted molar refractivity (Wildman–Crippen MR) is 122 cm³/mol. The van der Waals surface area contributed by atoms with E-state index in [-0.39, 0.29) is 17.6 Å². The first-order valence-electron chi connectivity index (χ1n) is 10.8. The van der Waals surface area contributed by atoms with E-state index in [2.05, 4.69) is 25.7 Å². The van der Waals surface area contributed by atoms with Crippen molar-refractivity contribution in [2.45, 2.75) is 46.2 Å². The molecule has 0 aliphatic heterocycles. The number of nitro groups is 1. The van der Waals surface area contributed by atoms with Crippen molar-refractivity contribution in [2.75, 3.05) is 26.7 Å². The molecule has 1 amide bonds. The summed E-state index contributed by atoms with van der Waals surface area (Å²) in [6.07, 6.45) is 1.88. The Labute approximate surface area is 184 Å². The molecule has 0 spiro atoms. The average Bonchev–Trinajstić information content (AvgIpc) is 2.80. The summed E-state index contributed by atoms with van der Waals surface area (Å²) in [4.78, 5) is 28.0. The highest BCUT2D eigenvalue weighted by Gasteiger charge is 2.22. The van der Waals surface area contributed by atoms with Gasteiger partial charge in [0, 0.05) is 30.3 Å². The summed E-state index contributed by atoms with van der Waals surface area (Å²) in [5.41, 5.74) is 1.44. The van der Waals surface area contributed by atoms with Crippen LogP contribution in [-0.4, -0.2) is 53.4 Å². The number of nitro benzene ring substituents is 1. The van der Waals surface area contributed by atoms with Gasteiger partial charge in [-0.25, -0.2) is 0 Å². The van der Waals surface area contributed by atoms with Crippen LogP contribution in [0.3, 0.4) is 0 Å². The van der Waals surface area contributed by atoms with Gasteiger partial charge in [-0.15, -0.1) is 0 Å². The maximum atomic E-state index is 13.3. The molecular weight excluding hydrogens is 394 g/mol. The van der Waals surface area contributed by atoms with E-state index in [4.69, 9.17) is 4.74 Å². The van der Waals surface area contributed by atoms with E-state index < -0.39 is 4.92 Å². The number of carbonyl (C=O) groups excluding carboxylic acids is 1. The number of nitrogens with zero attached hydrogens (tertiary/aromatic N) is 3. The van der Waals surface area contributed by atoms with Gasteiger partial charge < -0.3 is 14.5 Å². The van der Waals surface area contributed by atoms with E-state index in [0.29, 0.717) is 12.1 Å². The number of non-ortho nitro benzene ring substituents is 1. The van der Waals surface area contributed by atoms with Gasteiger partial charge in [0.15, 0.2) is 0 Å². The third-order valence-electron chi connectivity index (χ3n) is 5.62. The second-order valence-corrected chi connectivity index (χ2v) is 7.60. The van der Waals surface area contributed by atoms with Crippen molar-refractivity contribution in [1.29, 1.82) is 0 Å². The number of benzene rings is 2. The van der Waals surface area contributed by atoms with Crippen LogP contribution in [0, 0.1) is 10.1 Å². The van der Waals surface area contributed by atoms with E-state index >= 15 is 0 Å². The molecule has 31 heavy (non-hydrogen) atoms. The first-order valence-corrected chi connectivity index (χ1v) is 10.8. The Kier molecular flexibility index (Phi) is 9.46. The Morgan fingerprint density at radius 2 is 1.68 bits per heavy atom. The Hall–Kier alpha value is -2.93. The van der Waals surface area contributed by atoms with Crippen LogP contribution in [0.25, 0.3) is 0 Å². The zero-order chi connectivity index (χ0) is 22.8. The number of ether oxygens (including phenoxy) is 1. The van der Waals surface area contributed by atoms with Crippen LogP contribution in [0.5, 0.6) is 5.75 Å². The quantitative estimate of drug-likeness (QED) is 0.361. The van der Waals surface area contributed by atoms with E-state index in [9.17, 15) is 14.9 Å². The standard InChI is InChI=1S/C24H33N3O4/c1-5-25(6-2)17-7-8-19(3)26(18-20-9-15-23(31-4)16-10-20)24(28)21-11-13-22(14-12-21)27(29)30/h9-16,19H,5-8,17-18H2,1-4H3. The first kappa shape index (κ1) is 24.3. The Morgan fingerprint density at radius 1 is 1.06 bits per heavy atom. The topological polar surface area (TPSA) is 75.9 Å². The van der Waals surface area contributed by atoms with Gasteiger partial charge in [0.1, 0.15) is 5.75 Å². The maximum Gasteiger partial charge on any atom is 0.269 e. The molecule has 2 rings (SSSR count). The van der Waals surface area contributed by atoms with Crippen LogP contribution < -0.4 is 4.74 Å². The third-order valence-corrected chi connectivity index (χ3v) is 5.62. The van der Waals surface area contributed by atoms with Gasteiger partial charge in [0.2, 0.25) is 0 Å². The molecule has 0 N–H and O–H groups in total. The van der Waals surface area contributed by atoms with Crippen molar-refractivity contribution < 1.29 is 14.5 Å². The fraction of sp³-hybridized carbons (Fsp3) is 0.458. The summed E-state index contributed by atoms with van der Waals surface area (Å²) in [5, 5.41) is 10.9. The minimum atomic E-state index is -0.459. The zero-order valence-electron chi connectivity index (χ0n) is 18.9. The molecule has 0 saturated carbocycles. The molecule has 7 heteroatoms. The van der Waals surface area contributed by atoms with Crippen molar-refractivity contribution in [3.8, 4) is 5.75 Å². The fourth-order valence-electron chi connectivity index (χ4n) is 3.55. The Bertz CT molecular complexity index is 833. The van der Waals surface area contributed by atoms with Crippen LogP contribution in [0.15, 0.2) is 48.5 Å². The van der Waals surface area contributed by atoms with Gasteiger partial charge in [0.05, 0.1) is 12.0 Å². The number of rotatable bonds is 12. The number of hydrogen-bond donors (Lipinski definition) is 0. The lowest BCUT2D eigenvalue weighted by molar-refractivity contribution is -0.384. The minimum Gasteiger partial charge on any atom is -0.497 e. The SMILES string of the molecule is CCN(CC)CCCC(C)N(Cc1ccc(OC)cc1)C(=O)c1ccc([N+](=O)[O-])cc1. The fourth-order valence-corrected chi connectivity index (χ4v) is 3.55. The van der Waals surface area contributed by atoms with E-state index in [1.807, 2.05) is 29.2 Å². The Morgan fingerprint density at radius 3 is 2.19 bits per heavy atom. The molecule has 7 nitrogen and oxygen atoms in total. The summed E-state index contributed by atoms with van der Waals surface area (Å²) in [5.74, 6) is 0.644. The third kappa shape index (κ3) is 7.07. The van der Waals surface area contributed by atoms with Crippen molar-refractivity contribution in [3.05, 3.63) is 69.8 Å².